The molecule has 1 atom stereocenters. The molecule has 1 aliphatic heterocycles. The van der Waals surface area contributed by atoms with E-state index in [-0.39, 0.29) is 11.9 Å². The molecular weight excluding hydrogens is 294 g/mol. The Kier molecular flexibility index (Phi) is 6.35. The number of methoxy groups -OCH3 is 1. The molecule has 1 unspecified atom stereocenters. The van der Waals surface area contributed by atoms with Gasteiger partial charge in [0.15, 0.2) is 0 Å². The number of halogens is 2. The van der Waals surface area contributed by atoms with Gasteiger partial charge in [-0.05, 0) is 24.6 Å². The summed E-state index contributed by atoms with van der Waals surface area (Å²) in [5.41, 5.74) is 6.34. The fraction of sp³-hybridized carbons (Fsp3) is 0.600. The van der Waals surface area contributed by atoms with Gasteiger partial charge in [0.05, 0.1) is 13.2 Å². The summed E-state index contributed by atoms with van der Waals surface area (Å²) in [5.74, 6) is 0.781. The SMILES string of the molecule is COc1ccc(OC(F)F)c(CN2CCCOC(CN)C2)c1. The first-order chi connectivity index (χ1) is 10.6. The van der Waals surface area contributed by atoms with Crippen molar-refractivity contribution in [1.82, 2.24) is 4.90 Å². The molecule has 5 nitrogen and oxygen atoms in total. The number of alkyl halides is 2. The molecule has 1 aromatic rings. The number of benzene rings is 1. The fourth-order valence-electron chi connectivity index (χ4n) is 2.51. The molecule has 1 fully saturated rings. The van der Waals surface area contributed by atoms with Crippen LogP contribution in [0.1, 0.15) is 12.0 Å². The van der Waals surface area contributed by atoms with Gasteiger partial charge in [0.25, 0.3) is 0 Å². The smallest absolute Gasteiger partial charge is 0.387 e. The molecule has 0 aromatic heterocycles. The van der Waals surface area contributed by atoms with Crippen molar-refractivity contribution in [3.05, 3.63) is 23.8 Å². The topological polar surface area (TPSA) is 57.0 Å². The number of hydrogen-bond acceptors (Lipinski definition) is 5. The lowest BCUT2D eigenvalue weighted by Gasteiger charge is -2.24. The lowest BCUT2D eigenvalue weighted by Crippen LogP contribution is -2.35. The number of ether oxygens (including phenoxy) is 3. The standard InChI is InChI=1S/C15H22F2N2O3/c1-20-12-3-4-14(22-15(16)17)11(7-12)9-19-5-2-6-21-13(8-18)10-19/h3-4,7,13,15H,2,5-6,8-10,18H2,1H3. The lowest BCUT2D eigenvalue weighted by molar-refractivity contribution is -0.0508. The Morgan fingerprint density at radius 1 is 1.45 bits per heavy atom. The average molecular weight is 316 g/mol. The van der Waals surface area contributed by atoms with Crippen molar-refractivity contribution in [3.63, 3.8) is 0 Å². The minimum absolute atomic E-state index is 0.0347. The highest BCUT2D eigenvalue weighted by Crippen LogP contribution is 2.27. The van der Waals surface area contributed by atoms with E-state index in [9.17, 15) is 8.78 Å². The molecule has 7 heteroatoms. The highest BCUT2D eigenvalue weighted by molar-refractivity contribution is 5.40. The maximum atomic E-state index is 12.5. The van der Waals surface area contributed by atoms with Crippen LogP contribution in [0.15, 0.2) is 18.2 Å². The Morgan fingerprint density at radius 3 is 2.95 bits per heavy atom. The van der Waals surface area contributed by atoms with Crippen LogP contribution in [0.3, 0.4) is 0 Å². The number of rotatable bonds is 6. The normalized spacial score (nSPS) is 20.0. The molecule has 124 valence electrons. The van der Waals surface area contributed by atoms with Crippen molar-refractivity contribution in [2.45, 2.75) is 25.7 Å². The molecule has 0 saturated carbocycles. The van der Waals surface area contributed by atoms with Crippen molar-refractivity contribution < 1.29 is 23.0 Å². The third kappa shape index (κ3) is 4.79. The van der Waals surface area contributed by atoms with Crippen LogP contribution in [-0.4, -0.2) is 51.0 Å². The fourth-order valence-corrected chi connectivity index (χ4v) is 2.51. The second-order valence-electron chi connectivity index (χ2n) is 5.17. The second-order valence-corrected chi connectivity index (χ2v) is 5.17. The third-order valence-electron chi connectivity index (χ3n) is 3.57. The number of nitrogens with two attached hydrogens (primary N) is 1. The zero-order valence-electron chi connectivity index (χ0n) is 12.6. The molecule has 0 bridgehead atoms. The molecule has 0 radical (unpaired) electrons. The summed E-state index contributed by atoms with van der Waals surface area (Å²) < 4.78 is 40.5. The molecule has 1 saturated heterocycles. The van der Waals surface area contributed by atoms with E-state index in [1.165, 1.54) is 13.2 Å². The van der Waals surface area contributed by atoms with Crippen LogP contribution in [-0.2, 0) is 11.3 Å². The van der Waals surface area contributed by atoms with E-state index in [1.807, 2.05) is 0 Å². The summed E-state index contributed by atoms with van der Waals surface area (Å²) >= 11 is 0. The quantitative estimate of drug-likeness (QED) is 0.868. The van der Waals surface area contributed by atoms with Gasteiger partial charge in [-0.15, -0.1) is 0 Å². The van der Waals surface area contributed by atoms with E-state index in [0.717, 1.165) is 13.0 Å². The van der Waals surface area contributed by atoms with Crippen molar-refractivity contribution in [2.75, 3.05) is 33.4 Å². The first-order valence-electron chi connectivity index (χ1n) is 7.28. The van der Waals surface area contributed by atoms with E-state index in [2.05, 4.69) is 9.64 Å². The summed E-state index contributed by atoms with van der Waals surface area (Å²) in [6.45, 7) is 0.227. The Labute approximate surface area is 128 Å². The summed E-state index contributed by atoms with van der Waals surface area (Å²) in [7, 11) is 1.54. The monoisotopic (exact) mass is 316 g/mol. The Balaban J connectivity index is 2.14. The molecule has 0 amide bonds. The molecule has 2 rings (SSSR count). The van der Waals surface area contributed by atoms with Gasteiger partial charge < -0.3 is 19.9 Å². The van der Waals surface area contributed by atoms with Crippen molar-refractivity contribution in [1.29, 1.82) is 0 Å². The average Bonchev–Trinajstić information content (AvgIpc) is 2.73. The van der Waals surface area contributed by atoms with Gasteiger partial charge in [0.1, 0.15) is 11.5 Å². The minimum atomic E-state index is -2.85. The Morgan fingerprint density at radius 2 is 2.27 bits per heavy atom. The van der Waals surface area contributed by atoms with Gasteiger partial charge >= 0.3 is 6.61 Å². The molecule has 1 aliphatic rings. The van der Waals surface area contributed by atoms with Crippen LogP contribution < -0.4 is 15.2 Å². The van der Waals surface area contributed by atoms with E-state index < -0.39 is 6.61 Å². The van der Waals surface area contributed by atoms with Crippen molar-refractivity contribution >= 4 is 0 Å². The van der Waals surface area contributed by atoms with Crippen molar-refractivity contribution in [2.24, 2.45) is 5.73 Å². The van der Waals surface area contributed by atoms with E-state index >= 15 is 0 Å². The largest absolute Gasteiger partial charge is 0.497 e. The van der Waals surface area contributed by atoms with Gasteiger partial charge in [-0.1, -0.05) is 0 Å². The first kappa shape index (κ1) is 16.9. The minimum Gasteiger partial charge on any atom is -0.497 e. The van der Waals surface area contributed by atoms with Crippen LogP contribution >= 0.6 is 0 Å². The number of hydrogen-bond donors (Lipinski definition) is 1. The first-order valence-corrected chi connectivity index (χ1v) is 7.28. The van der Waals surface area contributed by atoms with E-state index in [4.69, 9.17) is 15.2 Å². The molecular formula is C15H22F2N2O3. The molecule has 22 heavy (non-hydrogen) atoms. The van der Waals surface area contributed by atoms with Crippen LogP contribution in [0.4, 0.5) is 8.78 Å². The predicted molar refractivity (Wildman–Crippen MR) is 78.3 cm³/mol. The van der Waals surface area contributed by atoms with Gasteiger partial charge in [-0.2, -0.15) is 8.78 Å². The summed E-state index contributed by atoms with van der Waals surface area (Å²) in [5, 5.41) is 0. The Bertz CT molecular complexity index is 474. The van der Waals surface area contributed by atoms with E-state index in [1.54, 1.807) is 12.1 Å². The van der Waals surface area contributed by atoms with Gasteiger partial charge in [-0.3, -0.25) is 4.90 Å². The zero-order valence-corrected chi connectivity index (χ0v) is 12.6. The number of nitrogens with zero attached hydrogens (tertiary/aromatic N) is 1. The van der Waals surface area contributed by atoms with Crippen LogP contribution in [0, 0.1) is 0 Å². The van der Waals surface area contributed by atoms with E-state index in [0.29, 0.717) is 37.6 Å². The molecule has 0 aliphatic carbocycles. The summed E-state index contributed by atoms with van der Waals surface area (Å²) in [4.78, 5) is 2.14. The Hall–Kier alpha value is -1.44. The lowest BCUT2D eigenvalue weighted by atomic mass is 10.1. The van der Waals surface area contributed by atoms with Gasteiger partial charge in [-0.25, -0.2) is 0 Å². The van der Waals surface area contributed by atoms with Gasteiger partial charge in [0.2, 0.25) is 0 Å². The van der Waals surface area contributed by atoms with Crippen LogP contribution in [0.2, 0.25) is 0 Å². The maximum absolute atomic E-state index is 12.5. The highest BCUT2D eigenvalue weighted by atomic mass is 19.3. The highest BCUT2D eigenvalue weighted by Gasteiger charge is 2.20. The molecule has 1 aromatic carbocycles. The molecule has 1 heterocycles. The van der Waals surface area contributed by atoms with Crippen LogP contribution in [0.5, 0.6) is 11.5 Å². The predicted octanol–water partition coefficient (Wildman–Crippen LogP) is 1.85. The maximum Gasteiger partial charge on any atom is 0.387 e. The molecule has 0 spiro atoms. The summed E-state index contributed by atoms with van der Waals surface area (Å²) in [6, 6.07) is 4.84. The van der Waals surface area contributed by atoms with Crippen LogP contribution in [0.25, 0.3) is 0 Å². The zero-order chi connectivity index (χ0) is 15.9. The molecule has 2 N–H and O–H groups in total. The third-order valence-corrected chi connectivity index (χ3v) is 3.57. The van der Waals surface area contributed by atoms with Crippen molar-refractivity contribution in [3.8, 4) is 11.5 Å². The second kappa shape index (κ2) is 8.26. The van der Waals surface area contributed by atoms with Gasteiger partial charge in [0, 0.05) is 38.3 Å². The summed E-state index contributed by atoms with van der Waals surface area (Å²) in [6.07, 6.45) is 0.846.